The lowest BCUT2D eigenvalue weighted by Gasteiger charge is -2.27. The summed E-state index contributed by atoms with van der Waals surface area (Å²) in [5.74, 6) is -0.608. The van der Waals surface area contributed by atoms with Crippen molar-refractivity contribution >= 4 is 12.1 Å². The molecule has 1 atom stereocenters. The van der Waals surface area contributed by atoms with Gasteiger partial charge in [0.25, 0.3) is 0 Å². The van der Waals surface area contributed by atoms with Crippen molar-refractivity contribution in [2.24, 2.45) is 0 Å². The first-order valence-corrected chi connectivity index (χ1v) is 13.2. The summed E-state index contributed by atoms with van der Waals surface area (Å²) in [6.07, 6.45) is 5.67. The number of carbonyl (C=O) groups is 2. The van der Waals surface area contributed by atoms with E-state index >= 15 is 0 Å². The van der Waals surface area contributed by atoms with Gasteiger partial charge < -0.3 is 24.2 Å². The summed E-state index contributed by atoms with van der Waals surface area (Å²) in [6, 6.07) is 13.6. The van der Waals surface area contributed by atoms with Crippen molar-refractivity contribution in [3.05, 3.63) is 65.5 Å². The molecule has 0 radical (unpaired) electrons. The number of ether oxygens (including phenoxy) is 3. The zero-order chi connectivity index (χ0) is 26.5. The van der Waals surface area contributed by atoms with Gasteiger partial charge in [0.15, 0.2) is 6.10 Å². The zero-order valence-electron chi connectivity index (χ0n) is 21.6. The van der Waals surface area contributed by atoms with E-state index in [2.05, 4.69) is 0 Å². The normalized spacial score (nSPS) is 14.6. The van der Waals surface area contributed by atoms with Crippen molar-refractivity contribution in [1.82, 2.24) is 4.90 Å². The third kappa shape index (κ3) is 10.0. The van der Waals surface area contributed by atoms with Gasteiger partial charge in [-0.25, -0.2) is 14.0 Å². The molecule has 7 nitrogen and oxygen atoms in total. The van der Waals surface area contributed by atoms with Crippen LogP contribution in [0.1, 0.15) is 56.6 Å². The van der Waals surface area contributed by atoms with Crippen LogP contribution in [0.3, 0.4) is 0 Å². The number of hydrogen-bond acceptors (Lipinski definition) is 5. The SMILES string of the molecule is CCOC(Cc1ccc(OCCN(CCCc2ccc(F)cc2)C(=O)OC2CCCCC2)cc1)C(=O)O. The minimum atomic E-state index is -0.984. The first-order valence-electron chi connectivity index (χ1n) is 13.2. The average Bonchev–Trinajstić information content (AvgIpc) is 2.90. The highest BCUT2D eigenvalue weighted by Gasteiger charge is 2.22. The van der Waals surface area contributed by atoms with Gasteiger partial charge in [-0.2, -0.15) is 0 Å². The number of nitrogens with zero attached hydrogens (tertiary/aromatic N) is 1. The molecule has 0 aliphatic heterocycles. The number of carbonyl (C=O) groups excluding carboxylic acids is 1. The van der Waals surface area contributed by atoms with Gasteiger partial charge in [-0.3, -0.25) is 0 Å². The first-order chi connectivity index (χ1) is 17.9. The number of carboxylic acids is 1. The highest BCUT2D eigenvalue weighted by atomic mass is 19.1. The Morgan fingerprint density at radius 2 is 1.68 bits per heavy atom. The number of hydrogen-bond donors (Lipinski definition) is 1. The van der Waals surface area contributed by atoms with E-state index in [0.29, 0.717) is 32.1 Å². The summed E-state index contributed by atoms with van der Waals surface area (Å²) in [5, 5.41) is 9.27. The quantitative estimate of drug-likeness (QED) is 0.350. The van der Waals surface area contributed by atoms with Crippen molar-refractivity contribution < 1.29 is 33.3 Å². The van der Waals surface area contributed by atoms with E-state index in [1.54, 1.807) is 36.1 Å². The molecule has 1 unspecified atom stereocenters. The first kappa shape index (κ1) is 28.4. The molecular weight excluding hydrogens is 477 g/mol. The number of amides is 1. The Hall–Kier alpha value is -3.13. The molecule has 202 valence electrons. The van der Waals surface area contributed by atoms with Crippen molar-refractivity contribution in [1.29, 1.82) is 0 Å². The van der Waals surface area contributed by atoms with E-state index in [0.717, 1.165) is 49.7 Å². The Labute approximate surface area is 218 Å². The van der Waals surface area contributed by atoms with E-state index in [1.807, 2.05) is 12.1 Å². The lowest BCUT2D eigenvalue weighted by atomic mass is 9.98. The van der Waals surface area contributed by atoms with Crippen LogP contribution in [0, 0.1) is 5.82 Å². The maximum absolute atomic E-state index is 13.2. The molecule has 2 aromatic rings. The van der Waals surface area contributed by atoms with E-state index in [4.69, 9.17) is 14.2 Å². The average molecular weight is 516 g/mol. The van der Waals surface area contributed by atoms with Gasteiger partial charge in [0.05, 0.1) is 6.54 Å². The topological polar surface area (TPSA) is 85.3 Å². The summed E-state index contributed by atoms with van der Waals surface area (Å²) in [6.45, 7) is 3.29. The molecule has 2 aromatic carbocycles. The maximum Gasteiger partial charge on any atom is 0.410 e. The highest BCUT2D eigenvalue weighted by Crippen LogP contribution is 2.21. The molecule has 1 saturated carbocycles. The second-order valence-corrected chi connectivity index (χ2v) is 9.34. The number of rotatable bonds is 14. The summed E-state index contributed by atoms with van der Waals surface area (Å²) >= 11 is 0. The van der Waals surface area contributed by atoms with Crippen LogP contribution in [-0.2, 0) is 27.1 Å². The Bertz CT molecular complexity index is 959. The predicted octanol–water partition coefficient (Wildman–Crippen LogP) is 5.64. The van der Waals surface area contributed by atoms with E-state index in [-0.39, 0.29) is 24.4 Å². The van der Waals surface area contributed by atoms with Crippen LogP contribution >= 0.6 is 0 Å². The summed E-state index contributed by atoms with van der Waals surface area (Å²) < 4.78 is 30.1. The van der Waals surface area contributed by atoms with Crippen molar-refractivity contribution in [3.63, 3.8) is 0 Å². The number of halogens is 1. The smallest absolute Gasteiger partial charge is 0.410 e. The second-order valence-electron chi connectivity index (χ2n) is 9.34. The van der Waals surface area contributed by atoms with Crippen LogP contribution in [0.25, 0.3) is 0 Å². The number of aliphatic carboxylic acids is 1. The Kier molecular flexibility index (Phi) is 11.7. The van der Waals surface area contributed by atoms with Crippen LogP contribution in [0.15, 0.2) is 48.5 Å². The van der Waals surface area contributed by atoms with Gasteiger partial charge >= 0.3 is 12.1 Å². The molecule has 1 amide bonds. The molecule has 0 heterocycles. The van der Waals surface area contributed by atoms with Gasteiger partial charge in [0, 0.05) is 19.6 Å². The number of aryl methyl sites for hydroxylation is 1. The minimum absolute atomic E-state index is 0.0272. The molecule has 1 fully saturated rings. The molecule has 8 heteroatoms. The van der Waals surface area contributed by atoms with Crippen LogP contribution in [-0.4, -0.2) is 60.6 Å². The van der Waals surface area contributed by atoms with Crippen molar-refractivity contribution in [2.75, 3.05) is 26.3 Å². The Balaban J connectivity index is 1.51. The lowest BCUT2D eigenvalue weighted by Crippen LogP contribution is -2.38. The van der Waals surface area contributed by atoms with Crippen molar-refractivity contribution in [3.8, 4) is 5.75 Å². The molecule has 0 spiro atoms. The minimum Gasteiger partial charge on any atom is -0.492 e. The summed E-state index contributed by atoms with van der Waals surface area (Å²) in [4.78, 5) is 25.9. The van der Waals surface area contributed by atoms with Crippen LogP contribution in [0.4, 0.5) is 9.18 Å². The molecule has 1 aliphatic rings. The highest BCUT2D eigenvalue weighted by molar-refractivity contribution is 5.72. The van der Waals surface area contributed by atoms with E-state index < -0.39 is 12.1 Å². The zero-order valence-corrected chi connectivity index (χ0v) is 21.6. The predicted molar refractivity (Wildman–Crippen MR) is 138 cm³/mol. The Morgan fingerprint density at radius 3 is 2.32 bits per heavy atom. The lowest BCUT2D eigenvalue weighted by molar-refractivity contribution is -0.149. The molecule has 1 N–H and O–H groups in total. The Morgan fingerprint density at radius 1 is 1.00 bits per heavy atom. The fourth-order valence-electron chi connectivity index (χ4n) is 4.45. The van der Waals surface area contributed by atoms with Crippen LogP contribution in [0.2, 0.25) is 0 Å². The van der Waals surface area contributed by atoms with E-state index in [1.165, 1.54) is 18.6 Å². The third-order valence-corrected chi connectivity index (χ3v) is 6.50. The maximum atomic E-state index is 13.2. The van der Waals surface area contributed by atoms with E-state index in [9.17, 15) is 19.1 Å². The molecule has 37 heavy (non-hydrogen) atoms. The van der Waals surface area contributed by atoms with Gasteiger partial charge in [-0.1, -0.05) is 30.7 Å². The monoisotopic (exact) mass is 515 g/mol. The second kappa shape index (κ2) is 15.2. The van der Waals surface area contributed by atoms with Gasteiger partial charge in [-0.15, -0.1) is 0 Å². The van der Waals surface area contributed by atoms with Gasteiger partial charge in [0.1, 0.15) is 24.3 Å². The summed E-state index contributed by atoms with van der Waals surface area (Å²) in [5.41, 5.74) is 1.86. The molecule has 0 saturated heterocycles. The third-order valence-electron chi connectivity index (χ3n) is 6.50. The molecular formula is C29H38FNO6. The number of carboxylic acid groups (broad SMARTS) is 1. The standard InChI is InChI=1S/C29H38FNO6/c1-2-35-27(28(32)33)21-23-12-16-25(17-13-23)36-20-19-31(29(34)37-26-8-4-3-5-9-26)18-6-7-22-10-14-24(30)15-11-22/h10-17,26-27H,2-9,18-21H2,1H3,(H,32,33). The fraction of sp³-hybridized carbons (Fsp3) is 0.517. The summed E-state index contributed by atoms with van der Waals surface area (Å²) in [7, 11) is 0. The van der Waals surface area contributed by atoms with Gasteiger partial charge in [0.2, 0.25) is 0 Å². The molecule has 0 bridgehead atoms. The number of benzene rings is 2. The molecule has 3 rings (SSSR count). The molecule has 1 aliphatic carbocycles. The molecule has 0 aromatic heterocycles. The van der Waals surface area contributed by atoms with Crippen LogP contribution < -0.4 is 4.74 Å². The fourth-order valence-corrected chi connectivity index (χ4v) is 4.45. The largest absolute Gasteiger partial charge is 0.492 e. The van der Waals surface area contributed by atoms with Crippen molar-refractivity contribution in [2.45, 2.75) is 70.5 Å². The van der Waals surface area contributed by atoms with Gasteiger partial charge in [-0.05, 0) is 80.8 Å². The van der Waals surface area contributed by atoms with Crippen LogP contribution in [0.5, 0.6) is 5.75 Å².